The van der Waals surface area contributed by atoms with Crippen molar-refractivity contribution in [1.82, 2.24) is 0 Å². The van der Waals surface area contributed by atoms with Crippen LogP contribution in [0.25, 0.3) is 0 Å². The Labute approximate surface area is 49.5 Å². The molecule has 0 spiro atoms. The number of carboxylic acids is 1. The minimum Gasteiger partial charge on any atom is -0.477 e. The third kappa shape index (κ3) is 2.55. The maximum atomic E-state index is 9.61. The molecule has 0 aromatic carbocycles. The molecule has 0 aromatic rings. The van der Waals surface area contributed by atoms with Gasteiger partial charge in [-0.1, -0.05) is 12.2 Å². The highest BCUT2D eigenvalue weighted by Crippen LogP contribution is 1.94. The molecule has 0 saturated carbocycles. The van der Waals surface area contributed by atoms with E-state index in [0.29, 0.717) is 0 Å². The molecule has 0 aliphatic rings. The van der Waals surface area contributed by atoms with Gasteiger partial charge in [-0.25, -0.2) is 4.79 Å². The van der Waals surface area contributed by atoms with Crippen LogP contribution in [-0.4, -0.2) is 19.8 Å². The van der Waals surface area contributed by atoms with Crippen molar-refractivity contribution in [3.05, 3.63) is 0 Å². The van der Waals surface area contributed by atoms with Crippen molar-refractivity contribution in [3.63, 3.8) is 0 Å². The van der Waals surface area contributed by atoms with Gasteiger partial charge in [0.25, 0.3) is 0 Å². The molecule has 0 heterocycles. The zero-order valence-corrected chi connectivity index (χ0v) is 4.75. The predicted molar refractivity (Wildman–Crippen MR) is 30.5 cm³/mol. The Morgan fingerprint density at radius 3 is 2.14 bits per heavy atom. The summed E-state index contributed by atoms with van der Waals surface area (Å²) in [6, 6.07) is 0. The van der Waals surface area contributed by atoms with Gasteiger partial charge in [0.05, 0.1) is 0 Å². The van der Waals surface area contributed by atoms with E-state index in [2.05, 4.69) is 12.2 Å². The fourth-order valence-electron chi connectivity index (χ4n) is 0.0390. The van der Waals surface area contributed by atoms with E-state index >= 15 is 0 Å². The van der Waals surface area contributed by atoms with Crippen LogP contribution in [0, 0.1) is 0 Å². The number of rotatable bonds is 0. The van der Waals surface area contributed by atoms with Crippen molar-refractivity contribution < 1.29 is 14.5 Å². The van der Waals surface area contributed by atoms with Crippen molar-refractivity contribution >= 4 is 34.4 Å². The first-order valence-electron chi connectivity index (χ1n) is 1.27. The van der Waals surface area contributed by atoms with Crippen molar-refractivity contribution in [2.24, 2.45) is 0 Å². The smallest absolute Gasteiger partial charge is 0.355 e. The van der Waals surface area contributed by atoms with E-state index in [1.165, 1.54) is 0 Å². The minimum atomic E-state index is -1.26. The summed E-state index contributed by atoms with van der Waals surface area (Å²) in [5, 5.41) is 7.86. The fraction of sp³-hybridized carbons (Fsp3) is 0. The summed E-state index contributed by atoms with van der Waals surface area (Å²) in [6.45, 7) is 0. The number of thiocarbonyl (C=S) groups is 1. The van der Waals surface area contributed by atoms with E-state index in [0.717, 1.165) is 0 Å². The molecule has 40 valence electrons. The van der Waals surface area contributed by atoms with Gasteiger partial charge in [0.2, 0.25) is 0 Å². The highest BCUT2D eigenvalue weighted by Gasteiger charge is 2.02. The molecule has 0 atom stereocenters. The Morgan fingerprint density at radius 1 is 1.71 bits per heavy atom. The van der Waals surface area contributed by atoms with E-state index in [4.69, 9.17) is 9.66 Å². The Hall–Kier alpha value is -0.130. The second-order valence-corrected chi connectivity index (χ2v) is 1.94. The number of hydrogen-bond acceptors (Lipinski definition) is 4. The monoisotopic (exact) mass is 138 g/mol. The molecular formula is C2H2O3S2. The Balaban J connectivity index is 3.58. The lowest BCUT2D eigenvalue weighted by molar-refractivity contribution is -0.128. The van der Waals surface area contributed by atoms with Gasteiger partial charge < -0.3 is 9.66 Å². The van der Waals surface area contributed by atoms with E-state index in [-0.39, 0.29) is 12.0 Å². The number of aliphatic carboxylic acids is 1. The van der Waals surface area contributed by atoms with Crippen molar-refractivity contribution in [2.75, 3.05) is 0 Å². The van der Waals surface area contributed by atoms with E-state index < -0.39 is 10.2 Å². The molecule has 7 heavy (non-hydrogen) atoms. The van der Waals surface area contributed by atoms with Crippen LogP contribution in [0.1, 0.15) is 0 Å². The van der Waals surface area contributed by atoms with Gasteiger partial charge in [-0.15, -0.1) is 0 Å². The lowest BCUT2D eigenvalue weighted by atomic mass is 10.8. The molecule has 0 saturated heterocycles. The number of carboxylic acid groups (broad SMARTS) is 1. The summed E-state index contributed by atoms with van der Waals surface area (Å²) in [6.07, 6.45) is 0. The van der Waals surface area contributed by atoms with Crippen LogP contribution in [0.2, 0.25) is 0 Å². The van der Waals surface area contributed by atoms with Crippen molar-refractivity contribution in [2.45, 2.75) is 0 Å². The molecule has 0 aromatic heterocycles. The van der Waals surface area contributed by atoms with Crippen LogP contribution in [0.4, 0.5) is 0 Å². The van der Waals surface area contributed by atoms with Crippen LogP contribution in [0.15, 0.2) is 0 Å². The van der Waals surface area contributed by atoms with E-state index in [1.54, 1.807) is 0 Å². The zero-order chi connectivity index (χ0) is 5.86. The first-order chi connectivity index (χ1) is 3.18. The van der Waals surface area contributed by atoms with Crippen LogP contribution < -0.4 is 0 Å². The lowest BCUT2D eigenvalue weighted by Crippen LogP contribution is -2.03. The van der Waals surface area contributed by atoms with Gasteiger partial charge in [0.1, 0.15) is 0 Å². The summed E-state index contributed by atoms with van der Waals surface area (Å²) in [5.41, 5.74) is 0. The summed E-state index contributed by atoms with van der Waals surface area (Å²) in [5.74, 6) is -1.26. The number of hydrogen-bond donors (Lipinski definition) is 2. The first kappa shape index (κ1) is 6.87. The van der Waals surface area contributed by atoms with Crippen LogP contribution >= 0.6 is 24.3 Å². The van der Waals surface area contributed by atoms with E-state index in [9.17, 15) is 4.79 Å². The molecule has 0 rings (SSSR count). The Bertz CT molecular complexity index is 99.1. The van der Waals surface area contributed by atoms with Gasteiger partial charge in [-0.2, -0.15) is 0 Å². The zero-order valence-electron chi connectivity index (χ0n) is 3.12. The molecule has 0 radical (unpaired) electrons. The lowest BCUT2D eigenvalue weighted by Gasteiger charge is -1.82. The van der Waals surface area contributed by atoms with Gasteiger partial charge in [0.15, 0.2) is 4.20 Å². The summed E-state index contributed by atoms with van der Waals surface area (Å²) in [4.78, 5) is 9.61. The SMILES string of the molecule is O=C(O)C(=S)SO. The molecule has 3 nitrogen and oxygen atoms in total. The van der Waals surface area contributed by atoms with Gasteiger partial charge >= 0.3 is 5.97 Å². The molecular weight excluding hydrogens is 136 g/mol. The topological polar surface area (TPSA) is 57.5 Å². The Kier molecular flexibility index (Phi) is 2.89. The third-order valence-corrected chi connectivity index (χ3v) is 0.996. The molecule has 0 bridgehead atoms. The molecule has 0 aliphatic carbocycles. The third-order valence-electron chi connectivity index (χ3n) is 0.258. The van der Waals surface area contributed by atoms with Crippen molar-refractivity contribution in [3.8, 4) is 0 Å². The Morgan fingerprint density at radius 2 is 2.14 bits per heavy atom. The predicted octanol–water partition coefficient (Wildman–Crippen LogP) is 0.605. The average Bonchev–Trinajstić information content (AvgIpc) is 1.65. The normalized spacial score (nSPS) is 8.14. The molecule has 0 amide bonds. The van der Waals surface area contributed by atoms with E-state index in [1.807, 2.05) is 0 Å². The largest absolute Gasteiger partial charge is 0.477 e. The molecule has 0 fully saturated rings. The molecule has 0 aliphatic heterocycles. The van der Waals surface area contributed by atoms with Gasteiger partial charge in [-0.3, -0.25) is 0 Å². The highest BCUT2D eigenvalue weighted by atomic mass is 32.2. The van der Waals surface area contributed by atoms with Crippen LogP contribution in [0.3, 0.4) is 0 Å². The van der Waals surface area contributed by atoms with Crippen molar-refractivity contribution in [1.29, 1.82) is 0 Å². The highest BCUT2D eigenvalue weighted by molar-refractivity contribution is 8.21. The second kappa shape index (κ2) is 2.95. The maximum Gasteiger partial charge on any atom is 0.355 e. The van der Waals surface area contributed by atoms with Crippen LogP contribution in [-0.2, 0) is 4.79 Å². The molecule has 5 heteroatoms. The fourth-order valence-corrected chi connectivity index (χ4v) is 0.117. The maximum absolute atomic E-state index is 9.61. The molecule has 0 unspecified atom stereocenters. The quantitative estimate of drug-likeness (QED) is 0.379. The number of carbonyl (C=O) groups is 1. The second-order valence-electron chi connectivity index (χ2n) is 0.684. The minimum absolute atomic E-state index is 0.0648. The first-order valence-corrected chi connectivity index (χ1v) is 2.45. The van der Waals surface area contributed by atoms with Gasteiger partial charge in [0, 0.05) is 12.0 Å². The van der Waals surface area contributed by atoms with Gasteiger partial charge in [-0.05, 0) is 0 Å². The summed E-state index contributed by atoms with van der Waals surface area (Å²) >= 11 is 4.16. The van der Waals surface area contributed by atoms with Crippen LogP contribution in [0.5, 0.6) is 0 Å². The molecule has 2 N–H and O–H groups in total. The standard InChI is InChI=1S/C2H2O3S2/c3-1(4)2(6)7-5/h5H,(H,3,4). The summed E-state index contributed by atoms with van der Waals surface area (Å²) < 4.78 is 7.47. The summed E-state index contributed by atoms with van der Waals surface area (Å²) in [7, 11) is 0. The average molecular weight is 138 g/mol.